The zero-order valence-corrected chi connectivity index (χ0v) is 10.4. The summed E-state index contributed by atoms with van der Waals surface area (Å²) in [5.74, 6) is 0. The molecule has 1 aromatic heterocycles. The summed E-state index contributed by atoms with van der Waals surface area (Å²) in [7, 11) is -3.56. The molecule has 0 aliphatic rings. The van der Waals surface area contributed by atoms with E-state index in [-0.39, 0.29) is 4.90 Å². The van der Waals surface area contributed by atoms with E-state index in [1.54, 1.807) is 24.3 Å². The first-order valence-corrected chi connectivity index (χ1v) is 6.91. The second-order valence-electron chi connectivity index (χ2n) is 3.78. The number of nitrogens with two attached hydrogens (primary N) is 1. The van der Waals surface area contributed by atoms with Crippen LogP contribution in [0.4, 0.5) is 5.69 Å². The Labute approximate surface area is 105 Å². The maximum Gasteiger partial charge on any atom is 0.261 e. The summed E-state index contributed by atoms with van der Waals surface area (Å²) in [5, 5.41) is 6.21. The Morgan fingerprint density at radius 3 is 2.56 bits per heavy atom. The van der Waals surface area contributed by atoms with Crippen LogP contribution in [0.1, 0.15) is 5.56 Å². The number of anilines is 1. The van der Waals surface area contributed by atoms with Gasteiger partial charge in [-0.3, -0.25) is 9.82 Å². The second kappa shape index (κ2) is 5.19. The highest BCUT2D eigenvalue weighted by molar-refractivity contribution is 7.92. The van der Waals surface area contributed by atoms with Crippen LogP contribution in [0.3, 0.4) is 0 Å². The molecule has 0 aliphatic heterocycles. The van der Waals surface area contributed by atoms with E-state index in [0.29, 0.717) is 12.2 Å². The molecular formula is C11H14N4O2S. The van der Waals surface area contributed by atoms with E-state index < -0.39 is 10.0 Å². The molecule has 4 N–H and O–H groups in total. The van der Waals surface area contributed by atoms with Crippen molar-refractivity contribution >= 4 is 15.7 Å². The highest BCUT2D eigenvalue weighted by atomic mass is 32.2. The minimum Gasteiger partial charge on any atom is -0.330 e. The number of aromatic nitrogens is 2. The average Bonchev–Trinajstić information content (AvgIpc) is 2.82. The summed E-state index contributed by atoms with van der Waals surface area (Å²) in [6.07, 6.45) is 3.61. The molecule has 7 heteroatoms. The van der Waals surface area contributed by atoms with Crippen molar-refractivity contribution in [2.24, 2.45) is 5.73 Å². The van der Waals surface area contributed by atoms with Crippen LogP contribution in [0.15, 0.2) is 41.6 Å². The monoisotopic (exact) mass is 266 g/mol. The van der Waals surface area contributed by atoms with Crippen molar-refractivity contribution in [3.8, 4) is 0 Å². The smallest absolute Gasteiger partial charge is 0.261 e. The van der Waals surface area contributed by atoms with E-state index in [9.17, 15) is 8.42 Å². The molecule has 0 radical (unpaired) electrons. The minimum atomic E-state index is -3.56. The first-order valence-electron chi connectivity index (χ1n) is 5.42. The van der Waals surface area contributed by atoms with E-state index >= 15 is 0 Å². The van der Waals surface area contributed by atoms with Gasteiger partial charge in [0.25, 0.3) is 10.0 Å². The van der Waals surface area contributed by atoms with Crippen LogP contribution in [-0.4, -0.2) is 25.2 Å². The largest absolute Gasteiger partial charge is 0.330 e. The molecule has 96 valence electrons. The van der Waals surface area contributed by atoms with Crippen LogP contribution in [0, 0.1) is 0 Å². The Morgan fingerprint density at radius 1 is 1.28 bits per heavy atom. The molecular weight excluding hydrogens is 252 g/mol. The van der Waals surface area contributed by atoms with E-state index in [4.69, 9.17) is 5.73 Å². The molecule has 0 spiro atoms. The Bertz CT molecular complexity index is 590. The van der Waals surface area contributed by atoms with Gasteiger partial charge in [0.2, 0.25) is 0 Å². The van der Waals surface area contributed by atoms with E-state index in [2.05, 4.69) is 14.9 Å². The van der Waals surface area contributed by atoms with Gasteiger partial charge in [0.1, 0.15) is 0 Å². The molecule has 0 aliphatic carbocycles. The van der Waals surface area contributed by atoms with Crippen molar-refractivity contribution in [1.29, 1.82) is 0 Å². The van der Waals surface area contributed by atoms with Crippen LogP contribution in [0.5, 0.6) is 0 Å². The normalized spacial score (nSPS) is 11.4. The standard InChI is InChI=1S/C11H14N4O2S/c12-6-5-9-1-3-11(4-2-9)18(16,17)15-10-7-13-14-8-10/h1-4,7-8,15H,5-6,12H2,(H,13,14). The Morgan fingerprint density at radius 2 is 2.00 bits per heavy atom. The number of nitrogens with zero attached hydrogens (tertiary/aromatic N) is 1. The third-order valence-electron chi connectivity index (χ3n) is 2.42. The molecule has 1 heterocycles. The molecule has 0 bridgehead atoms. The van der Waals surface area contributed by atoms with Crippen LogP contribution in [0.25, 0.3) is 0 Å². The topological polar surface area (TPSA) is 101 Å². The Balaban J connectivity index is 2.19. The average molecular weight is 266 g/mol. The van der Waals surface area contributed by atoms with E-state index in [1.807, 2.05) is 0 Å². The number of hydrogen-bond donors (Lipinski definition) is 3. The van der Waals surface area contributed by atoms with Gasteiger partial charge in [0.05, 0.1) is 16.8 Å². The zero-order valence-electron chi connectivity index (χ0n) is 9.63. The predicted molar refractivity (Wildman–Crippen MR) is 68.6 cm³/mol. The molecule has 6 nitrogen and oxygen atoms in total. The molecule has 0 saturated heterocycles. The lowest BCUT2D eigenvalue weighted by atomic mass is 10.2. The van der Waals surface area contributed by atoms with Gasteiger partial charge in [0, 0.05) is 6.20 Å². The molecule has 0 amide bonds. The highest BCUT2D eigenvalue weighted by Gasteiger charge is 2.14. The fourth-order valence-corrected chi connectivity index (χ4v) is 2.56. The Kier molecular flexibility index (Phi) is 3.63. The zero-order chi connectivity index (χ0) is 13.0. The van der Waals surface area contributed by atoms with E-state index in [0.717, 1.165) is 12.0 Å². The summed E-state index contributed by atoms with van der Waals surface area (Å²) in [4.78, 5) is 0.212. The molecule has 2 rings (SSSR count). The molecule has 1 aromatic carbocycles. The van der Waals surface area contributed by atoms with Crippen LogP contribution in [-0.2, 0) is 16.4 Å². The first-order chi connectivity index (χ1) is 8.62. The van der Waals surface area contributed by atoms with Crippen molar-refractivity contribution in [3.05, 3.63) is 42.2 Å². The lowest BCUT2D eigenvalue weighted by molar-refractivity contribution is 0.601. The Hall–Kier alpha value is -1.86. The van der Waals surface area contributed by atoms with Crippen molar-refractivity contribution in [3.63, 3.8) is 0 Å². The number of nitrogens with one attached hydrogen (secondary N) is 2. The summed E-state index contributed by atoms with van der Waals surface area (Å²) < 4.78 is 26.4. The summed E-state index contributed by atoms with van der Waals surface area (Å²) >= 11 is 0. The maximum atomic E-state index is 12.0. The molecule has 0 saturated carbocycles. The second-order valence-corrected chi connectivity index (χ2v) is 5.46. The van der Waals surface area contributed by atoms with Gasteiger partial charge in [0.15, 0.2) is 0 Å². The number of H-pyrrole nitrogens is 1. The number of benzene rings is 1. The first kappa shape index (κ1) is 12.6. The molecule has 0 fully saturated rings. The third kappa shape index (κ3) is 2.88. The predicted octanol–water partition coefficient (Wildman–Crippen LogP) is 0.712. The number of hydrogen-bond acceptors (Lipinski definition) is 4. The van der Waals surface area contributed by atoms with Gasteiger partial charge in [-0.2, -0.15) is 5.10 Å². The SMILES string of the molecule is NCCc1ccc(S(=O)(=O)Nc2cn[nH]c2)cc1. The van der Waals surface area contributed by atoms with Crippen molar-refractivity contribution in [1.82, 2.24) is 10.2 Å². The van der Waals surface area contributed by atoms with Crippen molar-refractivity contribution in [2.75, 3.05) is 11.3 Å². The van der Waals surface area contributed by atoms with Gasteiger partial charge >= 0.3 is 0 Å². The fourth-order valence-electron chi connectivity index (χ4n) is 1.52. The summed E-state index contributed by atoms with van der Waals surface area (Å²) in [6, 6.07) is 6.65. The van der Waals surface area contributed by atoms with Crippen LogP contribution in [0.2, 0.25) is 0 Å². The maximum absolute atomic E-state index is 12.0. The lowest BCUT2D eigenvalue weighted by Crippen LogP contribution is -2.12. The molecule has 18 heavy (non-hydrogen) atoms. The van der Waals surface area contributed by atoms with Crippen molar-refractivity contribution in [2.45, 2.75) is 11.3 Å². The lowest BCUT2D eigenvalue weighted by Gasteiger charge is -2.06. The quantitative estimate of drug-likeness (QED) is 0.742. The fraction of sp³-hybridized carbons (Fsp3) is 0.182. The highest BCUT2D eigenvalue weighted by Crippen LogP contribution is 2.15. The molecule has 2 aromatic rings. The number of rotatable bonds is 5. The van der Waals surface area contributed by atoms with Crippen molar-refractivity contribution < 1.29 is 8.42 Å². The van der Waals surface area contributed by atoms with E-state index in [1.165, 1.54) is 12.4 Å². The third-order valence-corrected chi connectivity index (χ3v) is 3.81. The van der Waals surface area contributed by atoms with Gasteiger partial charge in [-0.05, 0) is 30.7 Å². The molecule has 0 atom stereocenters. The molecule has 0 unspecified atom stereocenters. The number of sulfonamides is 1. The summed E-state index contributed by atoms with van der Waals surface area (Å²) in [5.41, 5.74) is 6.85. The number of aromatic amines is 1. The van der Waals surface area contributed by atoms with Gasteiger partial charge < -0.3 is 5.73 Å². The van der Waals surface area contributed by atoms with Crippen LogP contribution < -0.4 is 10.5 Å². The van der Waals surface area contributed by atoms with Gasteiger partial charge in [-0.15, -0.1) is 0 Å². The minimum absolute atomic E-state index is 0.212. The van der Waals surface area contributed by atoms with Gasteiger partial charge in [-0.1, -0.05) is 12.1 Å². The van der Waals surface area contributed by atoms with Crippen LogP contribution >= 0.6 is 0 Å². The van der Waals surface area contributed by atoms with Gasteiger partial charge in [-0.25, -0.2) is 8.42 Å². The summed E-state index contributed by atoms with van der Waals surface area (Å²) in [6.45, 7) is 0.541.